The van der Waals surface area contributed by atoms with Crippen molar-refractivity contribution in [2.45, 2.75) is 126 Å². The van der Waals surface area contributed by atoms with Crippen LogP contribution in [0.3, 0.4) is 0 Å². The number of fused-ring (bicyclic) bond motifs is 5. The van der Waals surface area contributed by atoms with Gasteiger partial charge >= 0.3 is 5.97 Å². The van der Waals surface area contributed by atoms with E-state index in [9.17, 15) is 57.8 Å². The Morgan fingerprint density at radius 1 is 0.906 bits per heavy atom. The molecule has 3 aliphatic heterocycles. The molecular formula is C58H67FN10O15S. The predicted octanol–water partition coefficient (Wildman–Crippen LogP) is 0.313. The number of benzene rings is 2. The van der Waals surface area contributed by atoms with Gasteiger partial charge in [0.25, 0.3) is 5.56 Å². The number of aryl methyl sites for hydroxylation is 1. The Balaban J connectivity index is 0.739. The molecule has 10 N–H and O–H groups in total. The van der Waals surface area contributed by atoms with E-state index in [4.69, 9.17) is 25.3 Å². The average Bonchev–Trinajstić information content (AvgIpc) is 1.70. The smallest absolute Gasteiger partial charge is 0.321 e. The van der Waals surface area contributed by atoms with Crippen molar-refractivity contribution in [1.82, 2.24) is 46.4 Å². The number of ketones is 1. The molecule has 4 aromatic rings. The van der Waals surface area contributed by atoms with Crippen LogP contribution in [-0.2, 0) is 77.7 Å². The zero-order valence-corrected chi connectivity index (χ0v) is 47.7. The van der Waals surface area contributed by atoms with Gasteiger partial charge in [0.05, 0.1) is 54.4 Å². The number of nitrogens with zero attached hydrogens (tertiary/aromatic N) is 3. The molecule has 2 aliphatic carbocycles. The molecule has 8 amide bonds. The SMILES string of the molecule is CC[C@@]1(O)C(=O)COc2c1cc1n(c2=O)Cc2c-1nc1cc(F)c(C)c3c1c2[C@@H](NC(=O)[C@H](OCNC(=O)CNC(=O)[C@H](Cc1ccccc1)NC(=O)CNC(=O)CNC(=O)CCCCCN1C(=O)CC(SC[C@H](N)C(=O)O)C1=O)C1CC1)CC3. The summed E-state index contributed by atoms with van der Waals surface area (Å²) in [5.74, 6) is -7.09. The number of rotatable bonds is 27. The minimum absolute atomic E-state index is 0.0100. The van der Waals surface area contributed by atoms with Gasteiger partial charge in [0, 0.05) is 54.1 Å². The van der Waals surface area contributed by atoms with Crippen LogP contribution in [0, 0.1) is 18.7 Å². The summed E-state index contributed by atoms with van der Waals surface area (Å²) in [5.41, 5.74) is 7.05. The number of aliphatic carboxylic acids is 1. The second kappa shape index (κ2) is 26.4. The molecule has 1 unspecified atom stereocenters. The Morgan fingerprint density at radius 3 is 2.35 bits per heavy atom. The summed E-state index contributed by atoms with van der Waals surface area (Å²) in [7, 11) is 0. The van der Waals surface area contributed by atoms with Gasteiger partial charge in [0.15, 0.2) is 18.0 Å². The number of pyridine rings is 2. The number of likely N-dealkylation sites (tertiary alicyclic amines) is 1. The fourth-order valence-corrected chi connectivity index (χ4v) is 12.3. The summed E-state index contributed by atoms with van der Waals surface area (Å²) < 4.78 is 28.6. The fourth-order valence-electron chi connectivity index (χ4n) is 11.2. The second-order valence-electron chi connectivity index (χ2n) is 21.8. The standard InChI is InChI=1S/C58H67FN10O15S/c1-3-58(82)34-19-40-50-33(25-69(40)56(79)52(34)83-26-42(58)70)49-37(16-15-32-29(2)35(59)20-38(66-50)48(32)49)67-54(77)51(31-13-14-31)84-28-64-45(73)23-63-53(76)39(18-30-10-6-4-7-11-30)65-46(74)24-62-44(72)22-61-43(71)12-8-5-9-17-68-47(75)21-41(55(68)78)85-27-36(60)57(80)81/h4,6-7,10-11,19-20,31,36-37,39,41,51,82H,3,5,8-9,12-18,21-28,60H2,1-2H3,(H,61,71)(H,62,72)(H,63,76)(H,64,73)(H,65,74)(H,67,77)(H,80,81)/t36-,37-,39-,41?,51+,58-/m0/s1. The zero-order chi connectivity index (χ0) is 60.9. The Morgan fingerprint density at radius 2 is 1.62 bits per heavy atom. The molecule has 27 heteroatoms. The normalized spacial score (nSPS) is 19.4. The number of nitrogens with one attached hydrogen (secondary N) is 6. The number of carboxylic acids is 1. The van der Waals surface area contributed by atoms with Crippen LogP contribution in [-0.4, -0.2) is 152 Å². The molecule has 0 spiro atoms. The second-order valence-corrected chi connectivity index (χ2v) is 23.0. The number of halogens is 1. The van der Waals surface area contributed by atoms with Crippen molar-refractivity contribution in [2.75, 3.05) is 45.3 Å². The van der Waals surface area contributed by atoms with Gasteiger partial charge in [-0.15, -0.1) is 11.8 Å². The number of carbonyl (C=O) groups excluding carboxylic acids is 9. The first-order valence-electron chi connectivity index (χ1n) is 28.3. The van der Waals surface area contributed by atoms with Crippen LogP contribution in [0.15, 0.2) is 47.3 Å². The average molecular weight is 1200 g/mol. The van der Waals surface area contributed by atoms with Crippen molar-refractivity contribution >= 4 is 81.7 Å². The summed E-state index contributed by atoms with van der Waals surface area (Å²) in [4.78, 5) is 148. The Kier molecular flexibility index (Phi) is 19.1. The maximum atomic E-state index is 15.5. The fraction of sp³-hybridized carbons (Fsp3) is 0.483. The van der Waals surface area contributed by atoms with Crippen LogP contribution in [0.5, 0.6) is 5.75 Å². The summed E-state index contributed by atoms with van der Waals surface area (Å²) >= 11 is 1.03. The third-order valence-corrected chi connectivity index (χ3v) is 17.4. The number of carboxylic acid groups (broad SMARTS) is 1. The van der Waals surface area contributed by atoms with Gasteiger partial charge in [-0.1, -0.05) is 43.7 Å². The monoisotopic (exact) mass is 1190 g/mol. The molecule has 25 nitrogen and oxygen atoms in total. The highest BCUT2D eigenvalue weighted by molar-refractivity contribution is 8.00. The third-order valence-electron chi connectivity index (χ3n) is 16.0. The number of aliphatic hydroxyl groups is 1. The summed E-state index contributed by atoms with van der Waals surface area (Å²) in [5, 5.41) is 36.1. The molecule has 0 radical (unpaired) electrons. The lowest BCUT2D eigenvalue weighted by molar-refractivity contribution is -0.143. The van der Waals surface area contributed by atoms with Gasteiger partial charge in [0.1, 0.15) is 30.7 Å². The lowest BCUT2D eigenvalue weighted by atomic mass is 9.81. The minimum Gasteiger partial charge on any atom is -0.480 e. The first-order chi connectivity index (χ1) is 40.7. The predicted molar refractivity (Wildman–Crippen MR) is 303 cm³/mol. The highest BCUT2D eigenvalue weighted by atomic mass is 32.2. The molecule has 2 fully saturated rings. The maximum absolute atomic E-state index is 15.5. The quantitative estimate of drug-likeness (QED) is 0.0194. The van der Waals surface area contributed by atoms with Crippen molar-refractivity contribution < 1.29 is 72.0 Å². The van der Waals surface area contributed by atoms with Crippen LogP contribution >= 0.6 is 11.8 Å². The van der Waals surface area contributed by atoms with E-state index in [1.54, 1.807) is 44.2 Å². The van der Waals surface area contributed by atoms with E-state index in [-0.39, 0.29) is 67.7 Å². The summed E-state index contributed by atoms with van der Waals surface area (Å²) in [6.45, 7) is 1.05. The van der Waals surface area contributed by atoms with Crippen LogP contribution in [0.2, 0.25) is 0 Å². The van der Waals surface area contributed by atoms with E-state index < -0.39 is 133 Å². The molecular weight excluding hydrogens is 1130 g/mol. The van der Waals surface area contributed by atoms with Crippen LogP contribution < -0.4 is 47.9 Å². The van der Waals surface area contributed by atoms with Gasteiger partial charge in [-0.2, -0.15) is 0 Å². The Bertz CT molecular complexity index is 3430. The molecule has 2 aromatic carbocycles. The van der Waals surface area contributed by atoms with Crippen LogP contribution in [0.4, 0.5) is 4.39 Å². The lowest BCUT2D eigenvalue weighted by Crippen LogP contribution is -2.52. The highest BCUT2D eigenvalue weighted by Crippen LogP contribution is 2.47. The number of hydrogen-bond donors (Lipinski definition) is 9. The van der Waals surface area contributed by atoms with Gasteiger partial charge in [-0.05, 0) is 86.1 Å². The van der Waals surface area contributed by atoms with E-state index in [0.29, 0.717) is 89.5 Å². The number of imide groups is 1. The van der Waals surface area contributed by atoms with Crippen molar-refractivity contribution in [3.05, 3.63) is 92.0 Å². The Hall–Kier alpha value is -8.14. The molecule has 5 aliphatic rings. The Labute approximate surface area is 490 Å². The number of hydrogen-bond acceptors (Lipinski definition) is 17. The molecule has 0 bridgehead atoms. The third kappa shape index (κ3) is 13.7. The number of ether oxygens (including phenoxy) is 2. The lowest BCUT2D eigenvalue weighted by Gasteiger charge is -2.32. The number of unbranched alkanes of at least 4 members (excludes halogenated alkanes) is 2. The topological polar surface area (TPSA) is 366 Å². The summed E-state index contributed by atoms with van der Waals surface area (Å²) in [6, 6.07) is 8.59. The van der Waals surface area contributed by atoms with Crippen molar-refractivity contribution in [3.63, 3.8) is 0 Å². The van der Waals surface area contributed by atoms with Crippen LogP contribution in [0.1, 0.15) is 104 Å². The molecule has 452 valence electrons. The number of Topliss-reactive ketones (excluding diaryl/α,β-unsaturated/α-hetero) is 1. The number of amides is 8. The van der Waals surface area contributed by atoms with Gasteiger partial charge in [-0.25, -0.2) is 9.37 Å². The number of carbonyl (C=O) groups is 10. The van der Waals surface area contributed by atoms with Gasteiger partial charge in [-0.3, -0.25) is 62.2 Å². The molecule has 1 saturated heterocycles. The highest BCUT2D eigenvalue weighted by Gasteiger charge is 2.46. The first kappa shape index (κ1) is 61.4. The van der Waals surface area contributed by atoms with E-state index >= 15 is 4.39 Å². The largest absolute Gasteiger partial charge is 0.480 e. The molecule has 85 heavy (non-hydrogen) atoms. The minimum atomic E-state index is -1.97. The summed E-state index contributed by atoms with van der Waals surface area (Å²) in [6.07, 6.45) is 2.42. The molecule has 5 heterocycles. The van der Waals surface area contributed by atoms with Gasteiger partial charge in [0.2, 0.25) is 53.0 Å². The van der Waals surface area contributed by atoms with Gasteiger partial charge < -0.3 is 57.3 Å². The molecule has 2 aromatic heterocycles. The first-order valence-corrected chi connectivity index (χ1v) is 29.3. The zero-order valence-electron chi connectivity index (χ0n) is 46.8. The number of nitrogens with two attached hydrogens (primary N) is 1. The molecule has 1 saturated carbocycles. The van der Waals surface area contributed by atoms with E-state index in [0.717, 1.165) is 22.2 Å². The van der Waals surface area contributed by atoms with Crippen molar-refractivity contribution in [2.24, 2.45) is 11.7 Å². The van der Waals surface area contributed by atoms with Crippen LogP contribution in [0.25, 0.3) is 22.3 Å². The maximum Gasteiger partial charge on any atom is 0.321 e. The molecule has 6 atom stereocenters. The van der Waals surface area contributed by atoms with E-state index in [2.05, 4.69) is 31.9 Å². The van der Waals surface area contributed by atoms with Crippen molar-refractivity contribution in [1.29, 1.82) is 0 Å². The van der Waals surface area contributed by atoms with E-state index in [1.165, 1.54) is 16.7 Å². The molecule has 9 rings (SSSR count). The number of thioether (sulfide) groups is 1. The number of aromatic nitrogens is 2. The van der Waals surface area contributed by atoms with E-state index in [1.807, 2.05) is 0 Å². The van der Waals surface area contributed by atoms with Crippen molar-refractivity contribution in [3.8, 4) is 17.1 Å².